The average molecular weight is 404 g/mol. The van der Waals surface area contributed by atoms with E-state index in [9.17, 15) is 4.79 Å². The predicted octanol–water partition coefficient (Wildman–Crippen LogP) is 4.43. The number of hydrogen-bond acceptors (Lipinski definition) is 6. The zero-order valence-corrected chi connectivity index (χ0v) is 16.5. The Morgan fingerprint density at radius 2 is 1.87 bits per heavy atom. The van der Waals surface area contributed by atoms with Crippen molar-refractivity contribution in [1.29, 1.82) is 0 Å². The maximum atomic E-state index is 12.1. The molecule has 152 valence electrons. The van der Waals surface area contributed by atoms with Gasteiger partial charge in [0, 0.05) is 17.5 Å². The van der Waals surface area contributed by atoms with Gasteiger partial charge in [-0.25, -0.2) is 0 Å². The van der Waals surface area contributed by atoms with Crippen LogP contribution in [0.25, 0.3) is 28.6 Å². The highest BCUT2D eigenvalue weighted by Crippen LogP contribution is 2.29. The number of nitrogens with one attached hydrogen (secondary N) is 1. The highest BCUT2D eigenvalue weighted by molar-refractivity contribution is 5.91. The second kappa shape index (κ2) is 8.57. The van der Waals surface area contributed by atoms with Crippen molar-refractivity contribution in [3.63, 3.8) is 0 Å². The van der Waals surface area contributed by atoms with E-state index in [0.29, 0.717) is 28.7 Å². The Kier molecular flexibility index (Phi) is 5.52. The molecule has 2 aromatic carbocycles. The van der Waals surface area contributed by atoms with Crippen molar-refractivity contribution in [2.24, 2.45) is 0 Å². The number of nitrogens with zero attached hydrogens (tertiary/aromatic N) is 1. The molecule has 0 saturated heterocycles. The maximum Gasteiger partial charge on any atom is 0.244 e. The molecule has 4 aromatic rings. The van der Waals surface area contributed by atoms with Crippen LogP contribution in [0.1, 0.15) is 11.3 Å². The standard InChI is InChI=1S/C23H20N2O5/c1-27-19-9-7-15(11-20(19)28-2)8-10-23(26)24-14-17-13-22(30-25-17)21-12-16-5-3-4-6-18(16)29-21/h3-13H,14H2,1-2H3,(H,24,26)/b10-8+. The van der Waals surface area contributed by atoms with E-state index in [1.807, 2.05) is 36.4 Å². The van der Waals surface area contributed by atoms with Crippen molar-refractivity contribution >= 4 is 23.0 Å². The van der Waals surface area contributed by atoms with E-state index in [1.54, 1.807) is 38.5 Å². The molecule has 0 spiro atoms. The third-order valence-corrected chi connectivity index (χ3v) is 4.51. The number of carbonyl (C=O) groups excluding carboxylic acids is 1. The molecule has 0 atom stereocenters. The lowest BCUT2D eigenvalue weighted by Crippen LogP contribution is -2.20. The first kappa shape index (κ1) is 19.3. The summed E-state index contributed by atoms with van der Waals surface area (Å²) >= 11 is 0. The number of para-hydroxylation sites is 1. The summed E-state index contributed by atoms with van der Waals surface area (Å²) in [6, 6.07) is 16.8. The Hall–Kier alpha value is -4.00. The first-order valence-electron chi connectivity index (χ1n) is 9.29. The van der Waals surface area contributed by atoms with Gasteiger partial charge < -0.3 is 23.7 Å². The van der Waals surface area contributed by atoms with Crippen LogP contribution in [0.3, 0.4) is 0 Å². The smallest absolute Gasteiger partial charge is 0.244 e. The normalized spacial score (nSPS) is 11.1. The molecular formula is C23H20N2O5. The summed E-state index contributed by atoms with van der Waals surface area (Å²) in [6.07, 6.45) is 3.14. The number of carbonyl (C=O) groups is 1. The molecule has 1 N–H and O–H groups in total. The first-order chi connectivity index (χ1) is 14.7. The number of amides is 1. The summed E-state index contributed by atoms with van der Waals surface area (Å²) in [5, 5.41) is 7.75. The molecule has 0 aliphatic rings. The van der Waals surface area contributed by atoms with Gasteiger partial charge in [0.15, 0.2) is 17.3 Å². The zero-order chi connectivity index (χ0) is 20.9. The molecular weight excluding hydrogens is 384 g/mol. The fraction of sp³-hybridized carbons (Fsp3) is 0.130. The number of rotatable bonds is 7. The number of benzene rings is 2. The van der Waals surface area contributed by atoms with Gasteiger partial charge in [0.05, 0.1) is 20.8 Å². The number of furan rings is 1. The molecule has 0 bridgehead atoms. The summed E-state index contributed by atoms with van der Waals surface area (Å²) in [4.78, 5) is 12.1. The number of fused-ring (bicyclic) bond motifs is 1. The van der Waals surface area contributed by atoms with E-state index in [-0.39, 0.29) is 12.5 Å². The highest BCUT2D eigenvalue weighted by Gasteiger charge is 2.12. The van der Waals surface area contributed by atoms with Crippen molar-refractivity contribution < 1.29 is 23.2 Å². The summed E-state index contributed by atoms with van der Waals surface area (Å²) in [5.74, 6) is 2.08. The fourth-order valence-corrected chi connectivity index (χ4v) is 2.98. The van der Waals surface area contributed by atoms with Gasteiger partial charge in [0.2, 0.25) is 11.7 Å². The van der Waals surface area contributed by atoms with Gasteiger partial charge in [-0.05, 0) is 35.9 Å². The largest absolute Gasteiger partial charge is 0.493 e. The summed E-state index contributed by atoms with van der Waals surface area (Å²) < 4.78 is 21.6. The Labute approximate surface area is 172 Å². The molecule has 2 aromatic heterocycles. The van der Waals surface area contributed by atoms with E-state index in [4.69, 9.17) is 18.4 Å². The molecule has 0 unspecified atom stereocenters. The third-order valence-electron chi connectivity index (χ3n) is 4.51. The van der Waals surface area contributed by atoms with Crippen LogP contribution < -0.4 is 14.8 Å². The van der Waals surface area contributed by atoms with Gasteiger partial charge in [0.25, 0.3) is 0 Å². The van der Waals surface area contributed by atoms with E-state index in [0.717, 1.165) is 16.5 Å². The Morgan fingerprint density at radius 3 is 2.67 bits per heavy atom. The van der Waals surface area contributed by atoms with Crippen molar-refractivity contribution in [2.45, 2.75) is 6.54 Å². The predicted molar refractivity (Wildman–Crippen MR) is 112 cm³/mol. The Balaban J connectivity index is 1.37. The van der Waals surface area contributed by atoms with Gasteiger partial charge >= 0.3 is 0 Å². The number of hydrogen-bond donors (Lipinski definition) is 1. The SMILES string of the molecule is COc1ccc(/C=C/C(=O)NCc2cc(-c3cc4ccccc4o3)on2)cc1OC. The lowest BCUT2D eigenvalue weighted by atomic mass is 10.2. The molecule has 2 heterocycles. The van der Waals surface area contributed by atoms with Crippen LogP contribution >= 0.6 is 0 Å². The maximum absolute atomic E-state index is 12.1. The molecule has 0 saturated carbocycles. The Bertz CT molecular complexity index is 1170. The molecule has 0 aliphatic carbocycles. The van der Waals surface area contributed by atoms with Crippen LogP contribution in [-0.4, -0.2) is 25.3 Å². The fourth-order valence-electron chi connectivity index (χ4n) is 2.98. The number of ether oxygens (including phenoxy) is 2. The van der Waals surface area contributed by atoms with Gasteiger partial charge in [-0.1, -0.05) is 29.4 Å². The molecule has 0 fully saturated rings. The summed E-state index contributed by atoms with van der Waals surface area (Å²) in [5.41, 5.74) is 2.19. The minimum atomic E-state index is -0.252. The second-order valence-electron chi connectivity index (χ2n) is 6.50. The van der Waals surface area contributed by atoms with Crippen molar-refractivity contribution in [1.82, 2.24) is 10.5 Å². The topological polar surface area (TPSA) is 86.7 Å². The second-order valence-corrected chi connectivity index (χ2v) is 6.50. The lowest BCUT2D eigenvalue weighted by Gasteiger charge is -2.07. The lowest BCUT2D eigenvalue weighted by molar-refractivity contribution is -0.116. The monoisotopic (exact) mass is 404 g/mol. The highest BCUT2D eigenvalue weighted by atomic mass is 16.5. The molecule has 7 nitrogen and oxygen atoms in total. The van der Waals surface area contributed by atoms with E-state index >= 15 is 0 Å². The molecule has 7 heteroatoms. The van der Waals surface area contributed by atoms with Gasteiger partial charge in [-0.2, -0.15) is 0 Å². The van der Waals surface area contributed by atoms with Gasteiger partial charge in [-0.3, -0.25) is 4.79 Å². The van der Waals surface area contributed by atoms with Crippen LogP contribution in [0.2, 0.25) is 0 Å². The molecule has 30 heavy (non-hydrogen) atoms. The molecule has 1 amide bonds. The first-order valence-corrected chi connectivity index (χ1v) is 9.29. The quantitative estimate of drug-likeness (QED) is 0.459. The van der Waals surface area contributed by atoms with E-state index in [2.05, 4.69) is 10.5 Å². The minimum absolute atomic E-state index is 0.235. The van der Waals surface area contributed by atoms with Crippen molar-refractivity contribution in [3.8, 4) is 23.0 Å². The van der Waals surface area contributed by atoms with Gasteiger partial charge in [0.1, 0.15) is 11.3 Å². The van der Waals surface area contributed by atoms with Crippen LogP contribution in [-0.2, 0) is 11.3 Å². The van der Waals surface area contributed by atoms with Gasteiger partial charge in [-0.15, -0.1) is 0 Å². The third kappa shape index (κ3) is 4.20. The molecule has 4 rings (SSSR count). The number of methoxy groups -OCH3 is 2. The molecule has 0 radical (unpaired) electrons. The zero-order valence-electron chi connectivity index (χ0n) is 16.5. The molecule has 0 aliphatic heterocycles. The van der Waals surface area contributed by atoms with Crippen LogP contribution in [0.15, 0.2) is 69.6 Å². The summed E-state index contributed by atoms with van der Waals surface area (Å²) in [7, 11) is 3.14. The minimum Gasteiger partial charge on any atom is -0.493 e. The van der Waals surface area contributed by atoms with Crippen LogP contribution in [0.5, 0.6) is 11.5 Å². The average Bonchev–Trinajstić information content (AvgIpc) is 3.42. The number of aromatic nitrogens is 1. The van der Waals surface area contributed by atoms with E-state index in [1.165, 1.54) is 6.08 Å². The van der Waals surface area contributed by atoms with Crippen molar-refractivity contribution in [2.75, 3.05) is 14.2 Å². The van der Waals surface area contributed by atoms with Crippen LogP contribution in [0, 0.1) is 0 Å². The Morgan fingerprint density at radius 1 is 1.03 bits per heavy atom. The van der Waals surface area contributed by atoms with Crippen molar-refractivity contribution in [3.05, 3.63) is 71.9 Å². The summed E-state index contributed by atoms with van der Waals surface area (Å²) in [6.45, 7) is 0.235. The van der Waals surface area contributed by atoms with Crippen LogP contribution in [0.4, 0.5) is 0 Å². The van der Waals surface area contributed by atoms with E-state index < -0.39 is 0 Å².